The summed E-state index contributed by atoms with van der Waals surface area (Å²) in [5.41, 5.74) is 29.1. The van der Waals surface area contributed by atoms with Gasteiger partial charge in [0.15, 0.2) is 0 Å². The number of rotatable bonds is 15. The quantitative estimate of drug-likeness (QED) is 0.0654. The van der Waals surface area contributed by atoms with Crippen LogP contribution >= 0.6 is 0 Å². The Morgan fingerprint density at radius 3 is 1.41 bits per heavy atom. The van der Waals surface area contributed by atoms with Crippen molar-refractivity contribution < 1.29 is 14.2 Å². The van der Waals surface area contributed by atoms with Crippen LogP contribution in [0.15, 0.2) is 138 Å². The number of aryl methyl sites for hydroxylation is 3. The first kappa shape index (κ1) is 69.8. The van der Waals surface area contributed by atoms with Gasteiger partial charge in [0.05, 0.1) is 73.6 Å². The molecule has 22 rings (SSSR count). The Morgan fingerprint density at radius 2 is 0.944 bits per heavy atom. The lowest BCUT2D eigenvalue weighted by Crippen LogP contribution is -2.69. The minimum atomic E-state index is -0.370. The van der Waals surface area contributed by atoms with Crippen molar-refractivity contribution in [1.29, 1.82) is 0 Å². The smallest absolute Gasteiger partial charge is 0.252 e. The van der Waals surface area contributed by atoms with E-state index in [2.05, 4.69) is 60.9 Å². The highest BCUT2D eigenvalue weighted by Gasteiger charge is 2.60. The van der Waals surface area contributed by atoms with Gasteiger partial charge in [-0.1, -0.05) is 0 Å². The van der Waals surface area contributed by atoms with E-state index in [-0.39, 0.29) is 97.1 Å². The molecule has 16 heterocycles. The fourth-order valence-corrected chi connectivity index (χ4v) is 21.2. The Kier molecular flexibility index (Phi) is 17.8. The summed E-state index contributed by atoms with van der Waals surface area (Å²) in [4.78, 5) is 92.3. The third kappa shape index (κ3) is 12.7. The summed E-state index contributed by atoms with van der Waals surface area (Å²) in [7, 11) is 0. The average Bonchev–Trinajstić information content (AvgIpc) is 1.70. The van der Waals surface area contributed by atoms with Gasteiger partial charge in [-0.2, -0.15) is 0 Å². The van der Waals surface area contributed by atoms with E-state index in [0.29, 0.717) is 39.3 Å². The molecular formula is C82H98N16O9. The molecule has 4 bridgehead atoms. The first-order valence-electron chi connectivity index (χ1n) is 39.1. The van der Waals surface area contributed by atoms with Crippen LogP contribution in [0.5, 0.6) is 17.2 Å². The molecule has 6 aliphatic carbocycles. The summed E-state index contributed by atoms with van der Waals surface area (Å²) < 4.78 is 27.9. The van der Waals surface area contributed by atoms with E-state index >= 15 is 0 Å². The molecule has 1 unspecified atom stereocenters. The van der Waals surface area contributed by atoms with Crippen LogP contribution in [0.1, 0.15) is 162 Å². The van der Waals surface area contributed by atoms with Crippen molar-refractivity contribution >= 4 is 33.1 Å². The molecular weight excluding hydrogens is 1350 g/mol. The molecule has 0 radical (unpaired) electrons. The largest absolute Gasteiger partial charge is 0.492 e. The Balaban J connectivity index is 0.000000114. The van der Waals surface area contributed by atoms with Gasteiger partial charge in [-0.05, 0) is 218 Å². The molecule has 25 nitrogen and oxygen atoms in total. The topological polar surface area (TPSA) is 316 Å². The minimum absolute atomic E-state index is 0.00368. The zero-order valence-electron chi connectivity index (χ0n) is 61.2. The van der Waals surface area contributed by atoms with Gasteiger partial charge in [0.1, 0.15) is 34.2 Å². The summed E-state index contributed by atoms with van der Waals surface area (Å²) in [5.74, 6) is 2.76. The molecule has 13 aliphatic rings. The van der Waals surface area contributed by atoms with Crippen LogP contribution in [0.25, 0.3) is 33.1 Å². The van der Waals surface area contributed by atoms with Crippen molar-refractivity contribution in [3.8, 4) is 17.2 Å². The zero-order chi connectivity index (χ0) is 73.1. The summed E-state index contributed by atoms with van der Waals surface area (Å²) in [5, 5.41) is 14.1. The number of hydrogen-bond acceptors (Lipinski definition) is 19. The van der Waals surface area contributed by atoms with Crippen molar-refractivity contribution in [3.05, 3.63) is 205 Å². The second kappa shape index (κ2) is 27.3. The van der Waals surface area contributed by atoms with Gasteiger partial charge >= 0.3 is 0 Å². The Labute approximate surface area is 618 Å². The lowest BCUT2D eigenvalue weighted by atomic mass is 9.47. The predicted molar refractivity (Wildman–Crippen MR) is 408 cm³/mol. The maximum Gasteiger partial charge on any atom is 0.252 e. The van der Waals surface area contributed by atoms with Crippen LogP contribution in [0.2, 0.25) is 0 Å². The zero-order valence-corrected chi connectivity index (χ0v) is 61.2. The minimum Gasteiger partial charge on any atom is -0.492 e. The number of nitrogens with one attached hydrogen (secondary N) is 3. The number of aromatic nitrogens is 9. The predicted octanol–water partition coefficient (Wildman–Crippen LogP) is 6.32. The highest BCUT2D eigenvalue weighted by atomic mass is 16.5. The van der Waals surface area contributed by atoms with Crippen molar-refractivity contribution in [2.45, 2.75) is 221 Å². The van der Waals surface area contributed by atoms with E-state index in [1.54, 1.807) is 66.8 Å². The molecule has 7 atom stereocenters. The molecule has 0 spiro atoms. The molecule has 7 aliphatic heterocycles. The fraction of sp³-hybridized carbons (Fsp3) is 0.524. The van der Waals surface area contributed by atoms with Crippen molar-refractivity contribution in [3.63, 3.8) is 0 Å². The molecule has 9 aromatic rings. The maximum atomic E-state index is 13.0. The molecule has 0 amide bonds. The van der Waals surface area contributed by atoms with E-state index in [4.69, 9.17) is 31.4 Å². The highest BCUT2D eigenvalue weighted by Crippen LogP contribution is 2.60. The van der Waals surface area contributed by atoms with E-state index in [1.807, 2.05) is 52.0 Å². The van der Waals surface area contributed by atoms with Gasteiger partial charge in [-0.3, -0.25) is 76.0 Å². The number of likely N-dealkylation sites (tertiary alicyclic amines) is 1. The molecule has 560 valence electrons. The molecule has 6 saturated carbocycles. The lowest BCUT2D eigenvalue weighted by molar-refractivity contribution is -0.0622. The van der Waals surface area contributed by atoms with Crippen LogP contribution < -0.4 is 80.7 Å². The van der Waals surface area contributed by atoms with Crippen LogP contribution in [-0.4, -0.2) is 121 Å². The summed E-state index contributed by atoms with van der Waals surface area (Å²) in [6.45, 7) is 10.6. The number of pyridine rings is 9. The molecule has 107 heavy (non-hydrogen) atoms. The number of hydrogen-bond donors (Lipinski definition) is 6. The first-order valence-corrected chi connectivity index (χ1v) is 39.1. The normalized spacial score (nSPS) is 28.9. The Morgan fingerprint density at radius 1 is 0.505 bits per heavy atom. The Hall–Kier alpha value is -8.95. The van der Waals surface area contributed by atoms with Crippen LogP contribution in [0, 0.1) is 10.8 Å². The second-order valence-electron chi connectivity index (χ2n) is 33.4. The second-order valence-corrected chi connectivity index (χ2v) is 33.4. The van der Waals surface area contributed by atoms with Crippen LogP contribution in [0.4, 0.5) is 0 Å². The van der Waals surface area contributed by atoms with Gasteiger partial charge in [0, 0.05) is 140 Å². The molecule has 1 saturated heterocycles. The van der Waals surface area contributed by atoms with Gasteiger partial charge in [-0.25, -0.2) is 0 Å². The molecule has 9 aromatic heterocycles. The third-order valence-corrected chi connectivity index (χ3v) is 27.0. The number of nitrogens with zero attached hydrogens (tertiary/aromatic N) is 10. The number of piperidine rings is 1. The van der Waals surface area contributed by atoms with Gasteiger partial charge in [0.25, 0.3) is 33.4 Å². The summed E-state index contributed by atoms with van der Waals surface area (Å²) in [6.07, 6.45) is 24.7. The van der Waals surface area contributed by atoms with Gasteiger partial charge < -0.3 is 47.4 Å². The van der Waals surface area contributed by atoms with Crippen molar-refractivity contribution in [2.24, 2.45) is 28.0 Å². The van der Waals surface area contributed by atoms with Gasteiger partial charge in [0.2, 0.25) is 0 Å². The van der Waals surface area contributed by atoms with Gasteiger partial charge in [-0.15, -0.1) is 0 Å². The number of ether oxygens (including phenoxy) is 3. The monoisotopic (exact) mass is 1450 g/mol. The molecule has 25 heteroatoms. The number of nitrogens with two attached hydrogens (primary N) is 3. The van der Waals surface area contributed by atoms with E-state index < -0.39 is 0 Å². The van der Waals surface area contributed by atoms with Crippen LogP contribution in [0.3, 0.4) is 0 Å². The summed E-state index contributed by atoms with van der Waals surface area (Å²) >= 11 is 0. The lowest BCUT2D eigenvalue weighted by Gasteiger charge is -2.63. The standard InChI is InChI=1S/C29H35N5O3.C28H33N5O3.C25H30N6O3/c1-27(30)18-29(32-15-21-13-20-3-2-12-37-23(20)16-31-21)10-8-28(27,9-11-29)14-22-17-33-24(35)6-4-19-5-7-25(36)34(22)26(19)33;29-23-14-27(13-21-17-32-24(34)5-3-18-4-6-25(35)33(21)26(18)32)7-9-28(23,10-8-27)31-15-20-12-19-2-1-11-36-22(19)16-30-20;26-20-15-29(8-7-21(20)28-11-18-10-17-2-1-9-34-22(17)12-27-18)13-19-14-30-23(32)5-3-16-4-6-24(33)31(19)25(16)30/h4-7,13,16,22,32H,2-3,8-12,14-15,17-18,30H2,1H3;3-6,12,16,21,23,31H,1-2,7-11,13-15,17,29H2;3-6,10,12,19-21,28H,1-2,7-9,11,13-15,26H2/t22-,27+,28?,29?;21-,23+,27?,28?;19-,20+,21?/m111/s1. The molecule has 0 aromatic carbocycles. The van der Waals surface area contributed by atoms with E-state index in [0.717, 1.165) is 229 Å². The highest BCUT2D eigenvalue weighted by molar-refractivity contribution is 5.78. The fourth-order valence-electron chi connectivity index (χ4n) is 21.2. The summed E-state index contributed by atoms with van der Waals surface area (Å²) in [6, 6.07) is 27.2. The first-order chi connectivity index (χ1) is 51.8. The Bertz CT molecular complexity index is 5350. The van der Waals surface area contributed by atoms with E-state index in [1.165, 1.54) is 16.7 Å². The molecule has 7 fully saturated rings. The van der Waals surface area contributed by atoms with Crippen molar-refractivity contribution in [2.75, 3.05) is 39.5 Å². The third-order valence-electron chi connectivity index (χ3n) is 27.0. The van der Waals surface area contributed by atoms with Crippen LogP contribution in [-0.2, 0) is 58.5 Å². The average molecular weight is 1450 g/mol. The van der Waals surface area contributed by atoms with Crippen molar-refractivity contribution in [1.82, 2.24) is 63.2 Å². The van der Waals surface area contributed by atoms with E-state index in [9.17, 15) is 28.8 Å². The SMILES string of the molecule is C[C@]1(N)CC2(NCc3cc4c(cn3)OCCC4)CCC1(C[C@@H]1Cn3c(=O)ccc4ccc(=O)n1c43)CC2.N[C@H]1CC2(C[C@@H]3Cn4c(=O)ccc5ccc(=O)n3c54)CCC1(NCc1cc3c(cn1)OCCC3)CC2.N[C@H]1CN(C[C@@H]2Cn3c(=O)ccc4ccc(=O)n2c43)CCC1NCc1cc2c(cn1)OCCC2. The maximum absolute atomic E-state index is 13.0. The number of fused-ring (bicyclic) bond motifs is 9. The molecule has 9 N–H and O–H groups in total.